The van der Waals surface area contributed by atoms with E-state index in [1.165, 1.54) is 12.0 Å². The Labute approximate surface area is 77.1 Å². The second-order valence-electron chi connectivity index (χ2n) is 2.51. The highest BCUT2D eigenvalue weighted by Crippen LogP contribution is 2.14. The summed E-state index contributed by atoms with van der Waals surface area (Å²) >= 11 is 0. The Morgan fingerprint density at radius 2 is 2.31 bits per heavy atom. The van der Waals surface area contributed by atoms with E-state index in [2.05, 4.69) is 11.9 Å². The molecule has 4 heteroatoms. The summed E-state index contributed by atoms with van der Waals surface area (Å²) in [7, 11) is 3.18. The smallest absolute Gasteiger partial charge is 0.227 e. The average Bonchev–Trinajstić information content (AvgIpc) is 2.17. The van der Waals surface area contributed by atoms with Crippen LogP contribution in [0.2, 0.25) is 0 Å². The van der Waals surface area contributed by atoms with Crippen molar-refractivity contribution in [2.45, 2.75) is 0 Å². The second-order valence-corrected chi connectivity index (χ2v) is 2.51. The van der Waals surface area contributed by atoms with E-state index in [9.17, 15) is 4.79 Å². The summed E-state index contributed by atoms with van der Waals surface area (Å²) < 4.78 is 4.88. The summed E-state index contributed by atoms with van der Waals surface area (Å²) in [5.41, 5.74) is 0.695. The van der Waals surface area contributed by atoms with Gasteiger partial charge in [0.25, 0.3) is 0 Å². The number of methoxy groups -OCH3 is 1. The molecule has 13 heavy (non-hydrogen) atoms. The molecule has 0 saturated heterocycles. The van der Waals surface area contributed by atoms with Crippen LogP contribution >= 0.6 is 0 Å². The summed E-state index contributed by atoms with van der Waals surface area (Å²) in [5, 5.41) is 0. The summed E-state index contributed by atoms with van der Waals surface area (Å²) in [6.07, 6.45) is 1.56. The van der Waals surface area contributed by atoms with E-state index in [4.69, 9.17) is 4.74 Å². The van der Waals surface area contributed by atoms with Gasteiger partial charge in [-0.25, -0.2) is 4.98 Å². The second kappa shape index (κ2) is 3.89. The zero-order valence-electron chi connectivity index (χ0n) is 7.65. The number of amides is 1. The number of carbonyl (C=O) groups excluding carboxylic acids is 1. The number of rotatable bonds is 2. The van der Waals surface area contributed by atoms with Crippen LogP contribution in [0.25, 0.3) is 0 Å². The highest BCUT2D eigenvalue weighted by atomic mass is 16.5. The fourth-order valence-corrected chi connectivity index (χ4v) is 0.836. The van der Waals surface area contributed by atoms with Crippen LogP contribution in [0.4, 0.5) is 5.69 Å². The van der Waals surface area contributed by atoms with Crippen molar-refractivity contribution in [1.29, 1.82) is 0 Å². The molecule has 0 aliphatic carbocycles. The van der Waals surface area contributed by atoms with Crippen molar-refractivity contribution >= 4 is 11.6 Å². The molecule has 1 aromatic heterocycles. The molecule has 1 amide bonds. The van der Waals surface area contributed by atoms with Gasteiger partial charge in [0, 0.05) is 20.0 Å². The van der Waals surface area contributed by atoms with Crippen molar-refractivity contribution in [3.8, 4) is 5.88 Å². The van der Waals surface area contributed by atoms with Crippen molar-refractivity contribution in [2.24, 2.45) is 0 Å². The number of nitrogens with zero attached hydrogens (tertiary/aromatic N) is 2. The Hall–Kier alpha value is -1.58. The minimum absolute atomic E-state index is 0.271. The van der Waals surface area contributed by atoms with Crippen LogP contribution in [0, 0.1) is 6.92 Å². The standard InChI is InChI=1S/C9H11N2O2/c1-7(12)11(2)8-4-5-9(13-3)10-6-8/h4-6H,1H2,2-3H3. The lowest BCUT2D eigenvalue weighted by atomic mass is 10.4. The maximum absolute atomic E-state index is 10.9. The highest BCUT2D eigenvalue weighted by Gasteiger charge is 2.05. The highest BCUT2D eigenvalue weighted by molar-refractivity contribution is 5.95. The molecule has 0 aromatic carbocycles. The number of ether oxygens (including phenoxy) is 1. The third-order valence-electron chi connectivity index (χ3n) is 1.69. The van der Waals surface area contributed by atoms with E-state index in [1.54, 1.807) is 25.4 Å². The van der Waals surface area contributed by atoms with E-state index in [0.29, 0.717) is 11.6 Å². The van der Waals surface area contributed by atoms with Gasteiger partial charge in [-0.1, -0.05) is 0 Å². The molecule has 0 atom stereocenters. The van der Waals surface area contributed by atoms with Gasteiger partial charge in [0.2, 0.25) is 11.8 Å². The number of carbonyl (C=O) groups is 1. The van der Waals surface area contributed by atoms with Crippen molar-refractivity contribution in [2.75, 3.05) is 19.1 Å². The zero-order chi connectivity index (χ0) is 9.84. The van der Waals surface area contributed by atoms with Gasteiger partial charge in [-0.2, -0.15) is 0 Å². The molecule has 1 heterocycles. The molecule has 0 bridgehead atoms. The first-order valence-corrected chi connectivity index (χ1v) is 3.75. The van der Waals surface area contributed by atoms with E-state index in [0.717, 1.165) is 0 Å². The summed E-state index contributed by atoms with van der Waals surface area (Å²) in [6, 6.07) is 3.43. The van der Waals surface area contributed by atoms with Gasteiger partial charge in [0.15, 0.2) is 0 Å². The van der Waals surface area contributed by atoms with Crippen molar-refractivity contribution in [1.82, 2.24) is 4.98 Å². The van der Waals surface area contributed by atoms with E-state index < -0.39 is 0 Å². The predicted octanol–water partition coefficient (Wildman–Crippen LogP) is 0.887. The van der Waals surface area contributed by atoms with Gasteiger partial charge in [-0.15, -0.1) is 0 Å². The van der Waals surface area contributed by atoms with Crippen LogP contribution in [-0.4, -0.2) is 25.0 Å². The van der Waals surface area contributed by atoms with Gasteiger partial charge in [0.05, 0.1) is 19.0 Å². The molecule has 0 aliphatic rings. The molecule has 0 aliphatic heterocycles. The van der Waals surface area contributed by atoms with Crippen LogP contribution in [-0.2, 0) is 4.79 Å². The molecule has 0 saturated carbocycles. The molecule has 1 aromatic rings. The monoisotopic (exact) mass is 179 g/mol. The average molecular weight is 179 g/mol. The minimum Gasteiger partial charge on any atom is -0.481 e. The Morgan fingerprint density at radius 3 is 2.69 bits per heavy atom. The van der Waals surface area contributed by atoms with Gasteiger partial charge >= 0.3 is 0 Å². The Balaban J connectivity index is 2.85. The molecular formula is C9H11N2O2. The molecule has 0 spiro atoms. The first-order valence-electron chi connectivity index (χ1n) is 3.75. The third kappa shape index (κ3) is 2.18. The first kappa shape index (κ1) is 9.51. The number of hydrogen-bond acceptors (Lipinski definition) is 3. The Morgan fingerprint density at radius 1 is 1.62 bits per heavy atom. The molecule has 4 nitrogen and oxygen atoms in total. The van der Waals surface area contributed by atoms with Crippen LogP contribution in [0.15, 0.2) is 18.3 Å². The number of pyridine rings is 1. The number of aromatic nitrogens is 1. The first-order chi connectivity index (χ1) is 6.15. The maximum atomic E-state index is 10.9. The molecule has 0 fully saturated rings. The molecule has 69 valence electrons. The number of hydrogen-bond donors (Lipinski definition) is 0. The lowest BCUT2D eigenvalue weighted by molar-refractivity contribution is -0.114. The fourth-order valence-electron chi connectivity index (χ4n) is 0.836. The van der Waals surface area contributed by atoms with Crippen molar-refractivity contribution < 1.29 is 9.53 Å². The third-order valence-corrected chi connectivity index (χ3v) is 1.69. The van der Waals surface area contributed by atoms with Gasteiger partial charge < -0.3 is 9.64 Å². The summed E-state index contributed by atoms with van der Waals surface area (Å²) in [4.78, 5) is 16.2. The maximum Gasteiger partial charge on any atom is 0.227 e. The van der Waals surface area contributed by atoms with Gasteiger partial charge in [-0.3, -0.25) is 4.79 Å². The topological polar surface area (TPSA) is 42.4 Å². The predicted molar refractivity (Wildman–Crippen MR) is 49.6 cm³/mol. The fraction of sp³-hybridized carbons (Fsp3) is 0.222. The zero-order valence-corrected chi connectivity index (χ0v) is 7.65. The SMILES string of the molecule is [CH2]C(=O)N(C)c1ccc(OC)nc1. The largest absolute Gasteiger partial charge is 0.481 e. The molecule has 0 unspecified atom stereocenters. The summed E-state index contributed by atoms with van der Waals surface area (Å²) in [6.45, 7) is 3.29. The van der Waals surface area contributed by atoms with E-state index in [1.807, 2.05) is 0 Å². The lowest BCUT2D eigenvalue weighted by Crippen LogP contribution is -2.23. The van der Waals surface area contributed by atoms with Gasteiger partial charge in [0.1, 0.15) is 0 Å². The Kier molecular flexibility index (Phi) is 2.84. The molecule has 1 radical (unpaired) electrons. The van der Waals surface area contributed by atoms with Crippen LogP contribution in [0.1, 0.15) is 0 Å². The summed E-state index contributed by atoms with van der Waals surface area (Å²) in [5.74, 6) is 0.251. The van der Waals surface area contributed by atoms with E-state index in [-0.39, 0.29) is 5.91 Å². The quantitative estimate of drug-likeness (QED) is 0.677. The minimum atomic E-state index is -0.271. The van der Waals surface area contributed by atoms with Crippen LogP contribution < -0.4 is 9.64 Å². The van der Waals surface area contributed by atoms with Crippen LogP contribution in [0.3, 0.4) is 0 Å². The van der Waals surface area contributed by atoms with Gasteiger partial charge in [-0.05, 0) is 6.07 Å². The van der Waals surface area contributed by atoms with Crippen molar-refractivity contribution in [3.63, 3.8) is 0 Å². The normalized spacial score (nSPS) is 9.46. The molecule has 0 N–H and O–H groups in total. The number of anilines is 1. The van der Waals surface area contributed by atoms with Crippen LogP contribution in [0.5, 0.6) is 5.88 Å². The molecule has 1 rings (SSSR count). The van der Waals surface area contributed by atoms with Crippen molar-refractivity contribution in [3.05, 3.63) is 25.3 Å². The lowest BCUT2D eigenvalue weighted by Gasteiger charge is -2.13. The van der Waals surface area contributed by atoms with E-state index >= 15 is 0 Å². The Bertz CT molecular complexity index is 295. The molecular weight excluding hydrogens is 168 g/mol.